The number of fused-ring (bicyclic) bond motifs is 1. The molecule has 23 heavy (non-hydrogen) atoms. The molecule has 3 aliphatic carbocycles. The zero-order valence-corrected chi connectivity index (χ0v) is 13.0. The highest BCUT2D eigenvalue weighted by molar-refractivity contribution is 5.87. The van der Waals surface area contributed by atoms with Gasteiger partial charge in [-0.05, 0) is 25.7 Å². The van der Waals surface area contributed by atoms with Crippen LogP contribution in [0, 0.1) is 16.7 Å². The van der Waals surface area contributed by atoms with E-state index < -0.39 is 11.1 Å². The molecule has 0 N–H and O–H groups in total. The van der Waals surface area contributed by atoms with Crippen LogP contribution in [0.25, 0.3) is 0 Å². The van der Waals surface area contributed by atoms with E-state index in [0.717, 1.165) is 5.56 Å². The molecule has 5 rings (SSSR count). The van der Waals surface area contributed by atoms with E-state index in [1.165, 1.54) is 6.20 Å². The van der Waals surface area contributed by atoms with Crippen LogP contribution in [0.2, 0.25) is 0 Å². The lowest BCUT2D eigenvalue weighted by Crippen LogP contribution is -2.70. The second-order valence-electron chi connectivity index (χ2n) is 6.95. The quantitative estimate of drug-likeness (QED) is 0.841. The molecule has 1 atom stereocenters. The first-order chi connectivity index (χ1) is 11.0. The van der Waals surface area contributed by atoms with E-state index in [1.54, 1.807) is 6.20 Å². The number of aromatic nitrogens is 1. The van der Waals surface area contributed by atoms with Gasteiger partial charge in [-0.3, -0.25) is 9.78 Å². The van der Waals surface area contributed by atoms with Crippen LogP contribution < -0.4 is 4.74 Å². The monoisotopic (exact) mass is 315 g/mol. The average Bonchev–Trinajstić information content (AvgIpc) is 2.68. The van der Waals surface area contributed by atoms with Gasteiger partial charge in [0.05, 0.1) is 18.0 Å². The summed E-state index contributed by atoms with van der Waals surface area (Å²) in [5.74, 6) is 0.562. The van der Waals surface area contributed by atoms with Crippen LogP contribution in [0.1, 0.15) is 49.8 Å². The highest BCUT2D eigenvalue weighted by atomic mass is 19.1. The van der Waals surface area contributed by atoms with E-state index in [0.29, 0.717) is 50.1 Å². The number of rotatable bonds is 2. The molecule has 1 aliphatic heterocycles. The molecule has 1 aromatic rings. The molecule has 1 amide bonds. The Balaban J connectivity index is 1.69. The molecular weight excluding hydrogens is 297 g/mol. The molecule has 3 saturated carbocycles. The second kappa shape index (κ2) is 4.67. The predicted molar refractivity (Wildman–Crippen MR) is 79.3 cm³/mol. The van der Waals surface area contributed by atoms with Crippen molar-refractivity contribution in [3.63, 3.8) is 0 Å². The Kier molecular flexibility index (Phi) is 2.93. The topological polar surface area (TPSA) is 66.2 Å². The first-order valence-electron chi connectivity index (χ1n) is 8.03. The van der Waals surface area contributed by atoms with Gasteiger partial charge in [-0.25, -0.2) is 4.39 Å². The maximum absolute atomic E-state index is 13.8. The zero-order valence-electron chi connectivity index (χ0n) is 13.0. The molecule has 6 heteroatoms. The lowest BCUT2D eigenvalue weighted by molar-refractivity contribution is -0.223. The minimum atomic E-state index is -1.09. The van der Waals surface area contributed by atoms with Gasteiger partial charge >= 0.3 is 0 Å². The van der Waals surface area contributed by atoms with Crippen LogP contribution in [0.4, 0.5) is 4.39 Å². The normalized spacial score (nSPS) is 34.1. The highest BCUT2D eigenvalue weighted by Crippen LogP contribution is 2.70. The Labute approximate surface area is 134 Å². The number of halogens is 1. The summed E-state index contributed by atoms with van der Waals surface area (Å²) in [6.07, 6.45) is 4.93. The van der Waals surface area contributed by atoms with Crippen molar-refractivity contribution in [2.75, 3.05) is 13.2 Å². The number of hydrogen-bond acceptors (Lipinski definition) is 4. The smallest absolute Gasteiger partial charge is 0.229 e. The van der Waals surface area contributed by atoms with E-state index >= 15 is 0 Å². The summed E-state index contributed by atoms with van der Waals surface area (Å²) in [5.41, 5.74) is -0.414. The number of carbonyl (C=O) groups is 1. The van der Waals surface area contributed by atoms with E-state index in [-0.39, 0.29) is 11.9 Å². The third-order valence-corrected chi connectivity index (χ3v) is 5.43. The van der Waals surface area contributed by atoms with Crippen LogP contribution in [-0.4, -0.2) is 34.6 Å². The van der Waals surface area contributed by atoms with Crippen LogP contribution in [0.5, 0.6) is 5.75 Å². The molecule has 1 aromatic heterocycles. The first-order valence-corrected chi connectivity index (χ1v) is 8.03. The summed E-state index contributed by atoms with van der Waals surface area (Å²) < 4.78 is 19.5. The molecule has 120 valence electrons. The fourth-order valence-electron chi connectivity index (χ4n) is 4.39. The van der Waals surface area contributed by atoms with Crippen molar-refractivity contribution in [2.24, 2.45) is 5.41 Å². The van der Waals surface area contributed by atoms with Crippen LogP contribution >= 0.6 is 0 Å². The number of carbonyl (C=O) groups excluding carboxylic acids is 1. The largest absolute Gasteiger partial charge is 0.490 e. The Hall–Kier alpha value is -2.16. The molecule has 0 radical (unpaired) electrons. The number of nitrogens with zero attached hydrogens (tertiary/aromatic N) is 3. The Morgan fingerprint density at radius 3 is 2.87 bits per heavy atom. The molecule has 0 unspecified atom stereocenters. The first kappa shape index (κ1) is 14.4. The van der Waals surface area contributed by atoms with Gasteiger partial charge in [0, 0.05) is 18.0 Å². The summed E-state index contributed by atoms with van der Waals surface area (Å²) in [6, 6.07) is 1.92. The SMILES string of the molecule is CC[C@H]1c2cncc(C#N)c2OCCN1C(=O)C12CC(F)(C1)C2. The van der Waals surface area contributed by atoms with Crippen molar-refractivity contribution in [3.05, 3.63) is 23.5 Å². The van der Waals surface area contributed by atoms with Crippen LogP contribution in [0.3, 0.4) is 0 Å². The van der Waals surface area contributed by atoms with Gasteiger partial charge < -0.3 is 9.64 Å². The van der Waals surface area contributed by atoms with Crippen molar-refractivity contribution < 1.29 is 13.9 Å². The van der Waals surface area contributed by atoms with E-state index in [2.05, 4.69) is 11.1 Å². The number of nitriles is 1. The van der Waals surface area contributed by atoms with Gasteiger partial charge in [0.1, 0.15) is 29.7 Å². The van der Waals surface area contributed by atoms with Gasteiger partial charge in [0.2, 0.25) is 5.91 Å². The molecule has 0 saturated heterocycles. The highest BCUT2D eigenvalue weighted by Gasteiger charge is 2.73. The van der Waals surface area contributed by atoms with Crippen molar-refractivity contribution in [2.45, 2.75) is 44.3 Å². The third-order valence-electron chi connectivity index (χ3n) is 5.43. The molecule has 0 spiro atoms. The van der Waals surface area contributed by atoms with E-state index in [1.807, 2.05) is 11.8 Å². The summed E-state index contributed by atoms with van der Waals surface area (Å²) in [4.78, 5) is 18.9. The molecule has 3 fully saturated rings. The summed E-state index contributed by atoms with van der Waals surface area (Å²) in [7, 11) is 0. The minimum absolute atomic E-state index is 0.0303. The standard InChI is InChI=1S/C17H18FN3O2/c1-2-13-12-7-20-6-11(5-19)14(12)23-4-3-21(13)15(22)16-8-17(18,9-16)10-16/h6-7,13H,2-4,8-10H2,1H3/t13-,16?,17?/m0/s1. The zero-order chi connectivity index (χ0) is 16.2. The van der Waals surface area contributed by atoms with Crippen molar-refractivity contribution >= 4 is 5.91 Å². The predicted octanol–water partition coefficient (Wildman–Crippen LogP) is 2.52. The number of amides is 1. The summed E-state index contributed by atoms with van der Waals surface area (Å²) in [5, 5.41) is 9.24. The van der Waals surface area contributed by atoms with Crippen LogP contribution in [-0.2, 0) is 4.79 Å². The second-order valence-corrected chi connectivity index (χ2v) is 6.95. The van der Waals surface area contributed by atoms with Gasteiger partial charge in [0.25, 0.3) is 0 Å². The molecule has 5 nitrogen and oxygen atoms in total. The van der Waals surface area contributed by atoms with Gasteiger partial charge in [-0.1, -0.05) is 6.92 Å². The van der Waals surface area contributed by atoms with Gasteiger partial charge in [0.15, 0.2) is 0 Å². The average molecular weight is 315 g/mol. The number of ether oxygens (including phenoxy) is 1. The lowest BCUT2D eigenvalue weighted by atomic mass is 9.42. The molecule has 2 bridgehead atoms. The maximum Gasteiger partial charge on any atom is 0.229 e. The van der Waals surface area contributed by atoms with E-state index in [9.17, 15) is 14.4 Å². The minimum Gasteiger partial charge on any atom is -0.490 e. The summed E-state index contributed by atoms with van der Waals surface area (Å²) >= 11 is 0. The van der Waals surface area contributed by atoms with Crippen molar-refractivity contribution in [1.29, 1.82) is 5.26 Å². The van der Waals surface area contributed by atoms with Gasteiger partial charge in [-0.2, -0.15) is 5.26 Å². The fourth-order valence-corrected chi connectivity index (χ4v) is 4.39. The maximum atomic E-state index is 13.8. The lowest BCUT2D eigenvalue weighted by Gasteiger charge is -2.65. The van der Waals surface area contributed by atoms with E-state index in [4.69, 9.17) is 4.74 Å². The van der Waals surface area contributed by atoms with Crippen LogP contribution in [0.15, 0.2) is 12.4 Å². The third kappa shape index (κ3) is 1.89. The van der Waals surface area contributed by atoms with Gasteiger partial charge in [-0.15, -0.1) is 0 Å². The summed E-state index contributed by atoms with van der Waals surface area (Å²) in [6.45, 7) is 2.79. The molecule has 0 aromatic carbocycles. The number of alkyl halides is 1. The Morgan fingerprint density at radius 1 is 1.52 bits per heavy atom. The Bertz CT molecular complexity index is 707. The fraction of sp³-hybridized carbons (Fsp3) is 0.588. The van der Waals surface area contributed by atoms with Crippen molar-refractivity contribution in [3.8, 4) is 11.8 Å². The van der Waals surface area contributed by atoms with Crippen molar-refractivity contribution in [1.82, 2.24) is 9.88 Å². The Morgan fingerprint density at radius 2 is 2.26 bits per heavy atom. The number of pyridine rings is 1. The molecular formula is C17H18FN3O2. The molecule has 4 aliphatic rings. The number of hydrogen-bond donors (Lipinski definition) is 0. The molecule has 2 heterocycles.